The quantitative estimate of drug-likeness (QED) is 0.724. The second-order valence-corrected chi connectivity index (χ2v) is 7.25. The van der Waals surface area contributed by atoms with Gasteiger partial charge >= 0.3 is 0 Å². The summed E-state index contributed by atoms with van der Waals surface area (Å²) in [7, 11) is 0. The topological polar surface area (TPSA) is 53.4 Å². The van der Waals surface area contributed by atoms with E-state index < -0.39 is 5.92 Å². The summed E-state index contributed by atoms with van der Waals surface area (Å²) in [6.45, 7) is 0.940. The van der Waals surface area contributed by atoms with Crippen LogP contribution in [0.15, 0.2) is 53.8 Å². The number of halogens is 2. The lowest BCUT2D eigenvalue weighted by molar-refractivity contribution is -0.0117. The third-order valence-corrected chi connectivity index (χ3v) is 5.22. The van der Waals surface area contributed by atoms with Crippen LogP contribution in [0.4, 0.5) is 20.3 Å². The molecule has 1 saturated heterocycles. The van der Waals surface area contributed by atoms with Gasteiger partial charge in [-0.3, -0.25) is 9.98 Å². The molecule has 5 rings (SSSR count). The zero-order chi connectivity index (χ0) is 19.1. The van der Waals surface area contributed by atoms with Crippen LogP contribution in [-0.4, -0.2) is 34.8 Å². The first-order chi connectivity index (χ1) is 13.6. The minimum absolute atomic E-state index is 0.0556. The summed E-state index contributed by atoms with van der Waals surface area (Å²) in [5, 5.41) is 5.16. The number of hydrogen-bond acceptors (Lipinski definition) is 5. The van der Waals surface area contributed by atoms with Crippen molar-refractivity contribution in [2.75, 3.05) is 23.3 Å². The molecule has 7 heteroatoms. The highest BCUT2D eigenvalue weighted by Gasteiger charge is 2.36. The Morgan fingerprint density at radius 3 is 2.89 bits per heavy atom. The van der Waals surface area contributed by atoms with E-state index in [4.69, 9.17) is 0 Å². The molecule has 5 nitrogen and oxygen atoms in total. The number of hydrogen-bond donors (Lipinski definition) is 1. The third-order valence-electron chi connectivity index (χ3n) is 5.22. The number of aliphatic imine (C=N–C) groups is 1. The minimum atomic E-state index is -2.66. The molecule has 0 atom stereocenters. The second kappa shape index (κ2) is 6.51. The summed E-state index contributed by atoms with van der Waals surface area (Å²) in [4.78, 5) is 15.0. The summed E-state index contributed by atoms with van der Waals surface area (Å²) in [5.41, 5.74) is 2.85. The van der Waals surface area contributed by atoms with Gasteiger partial charge in [0.15, 0.2) is 5.84 Å². The molecule has 0 amide bonds. The Morgan fingerprint density at radius 1 is 1.07 bits per heavy atom. The highest BCUT2D eigenvalue weighted by molar-refractivity contribution is 6.10. The highest BCUT2D eigenvalue weighted by Crippen LogP contribution is 2.33. The lowest BCUT2D eigenvalue weighted by atomic mass is 10.1. The summed E-state index contributed by atoms with van der Waals surface area (Å²) in [6.07, 6.45) is 3.85. The predicted octanol–water partition coefficient (Wildman–Crippen LogP) is 4.24. The van der Waals surface area contributed by atoms with E-state index in [9.17, 15) is 8.78 Å². The normalized spacial score (nSPS) is 18.1. The Balaban J connectivity index is 1.45. The molecule has 2 aliphatic rings. The molecule has 1 fully saturated rings. The number of aromatic nitrogens is 2. The van der Waals surface area contributed by atoms with Crippen LogP contribution >= 0.6 is 0 Å². The number of alkyl halides is 2. The van der Waals surface area contributed by atoms with Crippen LogP contribution in [0.25, 0.3) is 10.8 Å². The predicted molar refractivity (Wildman–Crippen MR) is 106 cm³/mol. The van der Waals surface area contributed by atoms with E-state index in [0.717, 1.165) is 33.6 Å². The van der Waals surface area contributed by atoms with E-state index in [0.29, 0.717) is 25.3 Å². The van der Waals surface area contributed by atoms with Crippen molar-refractivity contribution in [2.24, 2.45) is 4.99 Å². The van der Waals surface area contributed by atoms with E-state index in [2.05, 4.69) is 20.3 Å². The number of nitrogens with zero attached hydrogens (tertiary/aromatic N) is 4. The number of nitrogens with one attached hydrogen (secondary N) is 1. The number of benzene rings is 1. The Morgan fingerprint density at radius 2 is 2.00 bits per heavy atom. The third kappa shape index (κ3) is 3.06. The molecule has 28 heavy (non-hydrogen) atoms. The molecular weight excluding hydrogens is 360 g/mol. The maximum atomic E-state index is 13.9. The fourth-order valence-electron chi connectivity index (χ4n) is 3.89. The van der Waals surface area contributed by atoms with Gasteiger partial charge in [0.1, 0.15) is 11.5 Å². The van der Waals surface area contributed by atoms with Crippen molar-refractivity contribution >= 4 is 28.1 Å². The van der Waals surface area contributed by atoms with Crippen molar-refractivity contribution in [2.45, 2.75) is 25.3 Å². The Labute approximate surface area is 161 Å². The Hall–Kier alpha value is -3.09. The van der Waals surface area contributed by atoms with Gasteiger partial charge in [0.2, 0.25) is 0 Å². The SMILES string of the molecule is FC1(F)CCCN(c2nccc3cc(NC4=NCc5cccnc54)ccc23)C1. The van der Waals surface area contributed by atoms with Crippen LogP contribution in [0.3, 0.4) is 0 Å². The van der Waals surface area contributed by atoms with Crippen LogP contribution in [0.2, 0.25) is 0 Å². The van der Waals surface area contributed by atoms with E-state index in [1.807, 2.05) is 36.4 Å². The number of pyridine rings is 2. The van der Waals surface area contributed by atoms with Crippen molar-refractivity contribution in [1.29, 1.82) is 0 Å². The average Bonchev–Trinajstić information content (AvgIpc) is 3.09. The lowest BCUT2D eigenvalue weighted by Gasteiger charge is -2.33. The molecule has 0 saturated carbocycles. The van der Waals surface area contributed by atoms with Crippen LogP contribution in [-0.2, 0) is 6.54 Å². The molecule has 0 spiro atoms. The Kier molecular flexibility index (Phi) is 3.96. The van der Waals surface area contributed by atoms with Crippen LogP contribution in [0, 0.1) is 0 Å². The molecule has 4 heterocycles. The van der Waals surface area contributed by atoms with Gasteiger partial charge in [0, 0.05) is 42.0 Å². The van der Waals surface area contributed by atoms with Gasteiger partial charge in [-0.05, 0) is 42.1 Å². The van der Waals surface area contributed by atoms with Crippen molar-refractivity contribution in [3.05, 3.63) is 60.0 Å². The monoisotopic (exact) mass is 379 g/mol. The zero-order valence-corrected chi connectivity index (χ0v) is 15.2. The fourth-order valence-corrected chi connectivity index (χ4v) is 3.89. The molecule has 3 aromatic rings. The van der Waals surface area contributed by atoms with E-state index in [1.165, 1.54) is 0 Å². The van der Waals surface area contributed by atoms with E-state index >= 15 is 0 Å². The molecule has 0 aliphatic carbocycles. The van der Waals surface area contributed by atoms with Crippen molar-refractivity contribution in [1.82, 2.24) is 9.97 Å². The molecule has 2 aromatic heterocycles. The van der Waals surface area contributed by atoms with Crippen LogP contribution < -0.4 is 10.2 Å². The molecule has 0 unspecified atom stereocenters. The van der Waals surface area contributed by atoms with Crippen molar-refractivity contribution < 1.29 is 8.78 Å². The number of amidine groups is 1. The largest absolute Gasteiger partial charge is 0.350 e. The van der Waals surface area contributed by atoms with Gasteiger partial charge in [0.05, 0.1) is 13.1 Å². The van der Waals surface area contributed by atoms with Crippen LogP contribution in [0.1, 0.15) is 24.1 Å². The summed E-state index contributed by atoms with van der Waals surface area (Å²) >= 11 is 0. The molecule has 0 bridgehead atoms. The van der Waals surface area contributed by atoms with Gasteiger partial charge in [-0.2, -0.15) is 0 Å². The highest BCUT2D eigenvalue weighted by atomic mass is 19.3. The number of rotatable bonds is 2. The standard InChI is InChI=1S/C21H19F2N5/c22-21(23)7-2-10-28(13-21)20-17-5-4-16(11-14(17)6-9-25-20)27-19-18-15(12-26-19)3-1-8-24-18/h1,3-6,8-9,11H,2,7,10,12-13H2,(H,26,27). The Bertz CT molecular complexity index is 1080. The maximum Gasteiger partial charge on any atom is 0.265 e. The first kappa shape index (κ1) is 17.0. The molecule has 142 valence electrons. The number of anilines is 2. The van der Waals surface area contributed by atoms with Gasteiger partial charge in [-0.25, -0.2) is 13.8 Å². The molecule has 1 aromatic carbocycles. The maximum absolute atomic E-state index is 13.9. The average molecular weight is 379 g/mol. The summed E-state index contributed by atoms with van der Waals surface area (Å²) < 4.78 is 27.7. The minimum Gasteiger partial charge on any atom is -0.350 e. The van der Waals surface area contributed by atoms with Crippen LogP contribution in [0.5, 0.6) is 0 Å². The van der Waals surface area contributed by atoms with Crippen molar-refractivity contribution in [3.8, 4) is 0 Å². The molecule has 1 N–H and O–H groups in total. The van der Waals surface area contributed by atoms with E-state index in [-0.39, 0.29) is 13.0 Å². The molecular formula is C21H19F2N5. The first-order valence-electron chi connectivity index (χ1n) is 9.36. The smallest absolute Gasteiger partial charge is 0.265 e. The van der Waals surface area contributed by atoms with Gasteiger partial charge < -0.3 is 10.2 Å². The fraction of sp³-hybridized carbons (Fsp3) is 0.286. The first-order valence-corrected chi connectivity index (χ1v) is 9.36. The molecule has 0 radical (unpaired) electrons. The summed E-state index contributed by atoms with van der Waals surface area (Å²) in [5.74, 6) is -1.29. The number of fused-ring (bicyclic) bond motifs is 2. The summed E-state index contributed by atoms with van der Waals surface area (Å²) in [6, 6.07) is 11.7. The van der Waals surface area contributed by atoms with Gasteiger partial charge in [-0.1, -0.05) is 6.07 Å². The van der Waals surface area contributed by atoms with Gasteiger partial charge in [-0.15, -0.1) is 0 Å². The molecule has 2 aliphatic heterocycles. The van der Waals surface area contributed by atoms with Gasteiger partial charge in [0.25, 0.3) is 5.92 Å². The lowest BCUT2D eigenvalue weighted by Crippen LogP contribution is -2.43. The van der Waals surface area contributed by atoms with E-state index in [1.54, 1.807) is 17.3 Å². The zero-order valence-electron chi connectivity index (χ0n) is 15.2. The van der Waals surface area contributed by atoms with Crippen molar-refractivity contribution in [3.63, 3.8) is 0 Å². The number of piperidine rings is 1. The second-order valence-electron chi connectivity index (χ2n) is 7.25.